The maximum absolute atomic E-state index is 13.8. The highest BCUT2D eigenvalue weighted by Crippen LogP contribution is 2.30. The van der Waals surface area contributed by atoms with Gasteiger partial charge in [-0.3, -0.25) is 14.2 Å². The van der Waals surface area contributed by atoms with E-state index in [1.807, 2.05) is 0 Å². The number of H-pyrrole nitrogens is 1. The van der Waals surface area contributed by atoms with Crippen LogP contribution >= 0.6 is 23.4 Å². The molecule has 160 valence electrons. The van der Waals surface area contributed by atoms with Gasteiger partial charge in [-0.05, 0) is 17.7 Å². The Morgan fingerprint density at radius 3 is 2.52 bits per heavy atom. The van der Waals surface area contributed by atoms with Crippen LogP contribution in [-0.4, -0.2) is 24.4 Å². The summed E-state index contributed by atoms with van der Waals surface area (Å²) in [5.74, 6) is -0.959. The highest BCUT2D eigenvalue weighted by molar-refractivity contribution is 7.98. The van der Waals surface area contributed by atoms with Crippen LogP contribution in [-0.2, 0) is 11.9 Å². The molecule has 1 aromatic carbocycles. The lowest BCUT2D eigenvalue weighted by atomic mass is 10.1. The summed E-state index contributed by atoms with van der Waals surface area (Å²) < 4.78 is 54.1. The van der Waals surface area contributed by atoms with Gasteiger partial charge in [0.05, 0.1) is 22.5 Å². The molecule has 0 aliphatic heterocycles. The molecule has 0 atom stereocenters. The number of halogens is 5. The number of hydrogen-bond acceptors (Lipinski definition) is 5. The zero-order chi connectivity index (χ0) is 22.3. The Morgan fingerprint density at radius 2 is 1.87 bits per heavy atom. The molecule has 0 unspecified atom stereocenters. The van der Waals surface area contributed by atoms with Gasteiger partial charge in [0.1, 0.15) is 0 Å². The van der Waals surface area contributed by atoms with Gasteiger partial charge in [0.2, 0.25) is 0 Å². The summed E-state index contributed by atoms with van der Waals surface area (Å²) in [6.07, 6.45) is -2.10. The van der Waals surface area contributed by atoms with Crippen molar-refractivity contribution in [2.24, 2.45) is 0 Å². The average molecular weight is 472 g/mol. The van der Waals surface area contributed by atoms with Crippen LogP contribution in [0.15, 0.2) is 57.5 Å². The first-order valence-electron chi connectivity index (χ1n) is 8.49. The summed E-state index contributed by atoms with van der Waals surface area (Å²) in [5, 5.41) is 8.18. The van der Waals surface area contributed by atoms with Crippen LogP contribution in [0.3, 0.4) is 0 Å². The lowest BCUT2D eigenvalue weighted by molar-refractivity contribution is -0.137. The predicted molar refractivity (Wildman–Crippen MR) is 105 cm³/mol. The summed E-state index contributed by atoms with van der Waals surface area (Å²) >= 11 is 7.01. The number of aromatic nitrogens is 5. The largest absolute Gasteiger partial charge is 0.416 e. The second kappa shape index (κ2) is 7.85. The summed E-state index contributed by atoms with van der Waals surface area (Å²) in [6.45, 7) is 0. The predicted octanol–water partition coefficient (Wildman–Crippen LogP) is 3.67. The van der Waals surface area contributed by atoms with Crippen molar-refractivity contribution in [3.05, 3.63) is 85.4 Å². The highest BCUT2D eigenvalue weighted by atomic mass is 35.5. The smallest absolute Gasteiger partial charge is 0.324 e. The van der Waals surface area contributed by atoms with Gasteiger partial charge in [-0.2, -0.15) is 18.3 Å². The fourth-order valence-corrected chi connectivity index (χ4v) is 3.88. The van der Waals surface area contributed by atoms with E-state index in [9.17, 15) is 27.2 Å². The SMILES string of the molecule is O=c1[nH]cc(-n2c(SCc3ccc(C(F)(F)F)cc3)nn3ncc(Cl)c3c2=O)cc1F. The molecule has 0 saturated heterocycles. The molecular weight excluding hydrogens is 462 g/mol. The number of hydrogen-bond donors (Lipinski definition) is 1. The Morgan fingerprint density at radius 1 is 1.16 bits per heavy atom. The quantitative estimate of drug-likeness (QED) is 0.362. The number of benzene rings is 1. The van der Waals surface area contributed by atoms with Crippen molar-refractivity contribution in [1.29, 1.82) is 0 Å². The molecule has 1 N–H and O–H groups in total. The van der Waals surface area contributed by atoms with Gasteiger partial charge in [-0.25, -0.2) is 4.39 Å². The molecule has 3 heterocycles. The van der Waals surface area contributed by atoms with E-state index in [4.69, 9.17) is 11.6 Å². The standard InChI is InChI=1S/C18H10ClF4N5O2S/c19-12-7-25-28-14(12)16(30)27(11-5-13(20)15(29)24-6-11)17(26-28)31-8-9-1-3-10(4-2-9)18(21,22)23/h1-7H,8H2,(H,24,29). The Bertz CT molecular complexity index is 1400. The van der Waals surface area contributed by atoms with Crippen molar-refractivity contribution >= 4 is 28.9 Å². The number of fused-ring (bicyclic) bond motifs is 1. The molecule has 0 bridgehead atoms. The van der Waals surface area contributed by atoms with Gasteiger partial charge in [0, 0.05) is 18.0 Å². The van der Waals surface area contributed by atoms with Crippen LogP contribution in [0.1, 0.15) is 11.1 Å². The second-order valence-corrected chi connectivity index (χ2v) is 7.62. The molecule has 0 aliphatic carbocycles. The van der Waals surface area contributed by atoms with Crippen LogP contribution in [0.4, 0.5) is 17.6 Å². The summed E-state index contributed by atoms with van der Waals surface area (Å²) in [5.41, 5.74) is -1.96. The van der Waals surface area contributed by atoms with E-state index in [2.05, 4.69) is 15.2 Å². The maximum atomic E-state index is 13.8. The van der Waals surface area contributed by atoms with Gasteiger partial charge in [0.25, 0.3) is 11.1 Å². The average Bonchev–Trinajstić information content (AvgIpc) is 3.09. The third-order valence-electron chi connectivity index (χ3n) is 4.23. The Labute approximate surface area is 179 Å². The maximum Gasteiger partial charge on any atom is 0.416 e. The fourth-order valence-electron chi connectivity index (χ4n) is 2.74. The Hall–Kier alpha value is -3.12. The number of thioether (sulfide) groups is 1. The molecule has 0 spiro atoms. The molecular formula is C18H10ClF4N5O2S. The van der Waals surface area contributed by atoms with Crippen LogP contribution < -0.4 is 11.1 Å². The first kappa shape index (κ1) is 21.1. The minimum atomic E-state index is -4.45. The van der Waals surface area contributed by atoms with Crippen molar-refractivity contribution in [1.82, 2.24) is 24.4 Å². The molecule has 31 heavy (non-hydrogen) atoms. The first-order valence-corrected chi connectivity index (χ1v) is 9.85. The Kier molecular flexibility index (Phi) is 5.35. The zero-order valence-corrected chi connectivity index (χ0v) is 16.7. The number of pyridine rings is 1. The normalized spacial score (nSPS) is 11.9. The lowest BCUT2D eigenvalue weighted by Crippen LogP contribution is -2.26. The lowest BCUT2D eigenvalue weighted by Gasteiger charge is -2.12. The van der Waals surface area contributed by atoms with Gasteiger partial charge in [-0.15, -0.1) is 9.73 Å². The molecule has 13 heteroatoms. The van der Waals surface area contributed by atoms with E-state index in [0.717, 1.165) is 45.4 Å². The van der Waals surface area contributed by atoms with Gasteiger partial charge in [0.15, 0.2) is 16.5 Å². The van der Waals surface area contributed by atoms with Crippen LogP contribution in [0, 0.1) is 5.82 Å². The van der Waals surface area contributed by atoms with Gasteiger partial charge < -0.3 is 4.98 Å². The van der Waals surface area contributed by atoms with E-state index in [-0.39, 0.29) is 27.1 Å². The van der Waals surface area contributed by atoms with Crippen molar-refractivity contribution in [3.8, 4) is 5.69 Å². The topological polar surface area (TPSA) is 85.1 Å². The van der Waals surface area contributed by atoms with E-state index >= 15 is 0 Å². The molecule has 4 rings (SSSR count). The van der Waals surface area contributed by atoms with E-state index < -0.39 is 28.7 Å². The molecule has 0 aliphatic rings. The second-order valence-electron chi connectivity index (χ2n) is 6.27. The Balaban J connectivity index is 1.77. The third-order valence-corrected chi connectivity index (χ3v) is 5.51. The van der Waals surface area contributed by atoms with E-state index in [1.54, 1.807) is 0 Å². The fraction of sp³-hybridized carbons (Fsp3) is 0.111. The molecule has 7 nitrogen and oxygen atoms in total. The summed E-state index contributed by atoms with van der Waals surface area (Å²) in [6, 6.07) is 5.38. The number of nitrogens with zero attached hydrogens (tertiary/aromatic N) is 4. The summed E-state index contributed by atoms with van der Waals surface area (Å²) in [7, 11) is 0. The minimum absolute atomic E-state index is 0.00992. The van der Waals surface area contributed by atoms with Crippen molar-refractivity contribution < 1.29 is 17.6 Å². The van der Waals surface area contributed by atoms with Crippen molar-refractivity contribution in [2.45, 2.75) is 17.1 Å². The molecule has 3 aromatic heterocycles. The zero-order valence-electron chi connectivity index (χ0n) is 15.2. The molecule has 0 amide bonds. The van der Waals surface area contributed by atoms with E-state index in [1.165, 1.54) is 18.3 Å². The van der Waals surface area contributed by atoms with Crippen LogP contribution in [0.25, 0.3) is 11.2 Å². The third kappa shape index (κ3) is 4.08. The number of alkyl halides is 3. The summed E-state index contributed by atoms with van der Waals surface area (Å²) in [4.78, 5) is 26.6. The van der Waals surface area contributed by atoms with E-state index in [0.29, 0.717) is 5.56 Å². The first-order chi connectivity index (χ1) is 14.6. The van der Waals surface area contributed by atoms with Crippen molar-refractivity contribution in [3.63, 3.8) is 0 Å². The minimum Gasteiger partial charge on any atom is -0.324 e. The monoisotopic (exact) mass is 471 g/mol. The number of rotatable bonds is 4. The molecule has 4 aromatic rings. The number of aromatic amines is 1. The van der Waals surface area contributed by atoms with Gasteiger partial charge >= 0.3 is 6.18 Å². The van der Waals surface area contributed by atoms with Crippen LogP contribution in [0.5, 0.6) is 0 Å². The van der Waals surface area contributed by atoms with Crippen LogP contribution in [0.2, 0.25) is 5.02 Å². The highest BCUT2D eigenvalue weighted by Gasteiger charge is 2.30. The molecule has 0 saturated carbocycles. The van der Waals surface area contributed by atoms with Gasteiger partial charge in [-0.1, -0.05) is 35.5 Å². The molecule has 0 radical (unpaired) electrons. The molecule has 0 fully saturated rings. The van der Waals surface area contributed by atoms with Crippen molar-refractivity contribution in [2.75, 3.05) is 0 Å². The number of nitrogens with one attached hydrogen (secondary N) is 1.